The van der Waals surface area contributed by atoms with Crippen molar-refractivity contribution in [3.8, 4) is 0 Å². The van der Waals surface area contributed by atoms with Crippen LogP contribution in [0.1, 0.15) is 22.0 Å². The predicted octanol–water partition coefficient (Wildman–Crippen LogP) is 0.464. The van der Waals surface area contributed by atoms with E-state index in [1.807, 2.05) is 19.9 Å². The summed E-state index contributed by atoms with van der Waals surface area (Å²) in [6.07, 6.45) is 0. The molecule has 2 N–H and O–H groups in total. The van der Waals surface area contributed by atoms with E-state index in [0.717, 1.165) is 11.4 Å². The quantitative estimate of drug-likeness (QED) is 0.763. The number of hydrogen-bond donors (Lipinski definition) is 2. The highest BCUT2D eigenvalue weighted by Crippen LogP contribution is 2.12. The van der Waals surface area contributed by atoms with Crippen molar-refractivity contribution in [1.82, 2.24) is 25.6 Å². The van der Waals surface area contributed by atoms with E-state index in [4.69, 9.17) is 0 Å². The molecule has 2 heterocycles. The van der Waals surface area contributed by atoms with Gasteiger partial charge in [0.05, 0.1) is 11.4 Å². The van der Waals surface area contributed by atoms with Gasteiger partial charge in [-0.15, -0.1) is 10.2 Å². The van der Waals surface area contributed by atoms with Gasteiger partial charge < -0.3 is 5.32 Å². The van der Waals surface area contributed by atoms with E-state index in [1.54, 1.807) is 6.07 Å². The van der Waals surface area contributed by atoms with Crippen LogP contribution >= 0.6 is 0 Å². The summed E-state index contributed by atoms with van der Waals surface area (Å²) in [5.41, 5.74) is 2.28. The van der Waals surface area contributed by atoms with E-state index in [1.165, 1.54) is 0 Å². The molecule has 7 nitrogen and oxygen atoms in total. The van der Waals surface area contributed by atoms with Crippen molar-refractivity contribution >= 4 is 11.6 Å². The number of aromatic nitrogens is 5. The first-order valence-corrected chi connectivity index (χ1v) is 4.66. The first-order valence-electron chi connectivity index (χ1n) is 4.66. The number of carbonyl (C=O) groups excluding carboxylic acids is 1. The molecule has 0 atom stereocenters. The number of rotatable bonds is 2. The molecule has 0 aliphatic heterocycles. The van der Waals surface area contributed by atoms with Crippen LogP contribution in [0.15, 0.2) is 12.1 Å². The van der Waals surface area contributed by atoms with Crippen LogP contribution < -0.4 is 5.32 Å². The molecule has 2 aromatic heterocycles. The topological polar surface area (TPSA) is 96.5 Å². The Hall–Kier alpha value is -2.31. The SMILES string of the molecule is Cc1ccc(NC(=O)c2nn[nH]n2)c(C)n1. The molecule has 0 aliphatic rings. The minimum Gasteiger partial charge on any atom is -0.317 e. The number of aromatic amines is 1. The molecule has 0 spiro atoms. The van der Waals surface area contributed by atoms with E-state index in [2.05, 4.69) is 30.9 Å². The standard InChI is InChI=1S/C9H10N6O/c1-5-3-4-7(6(2)10-5)11-9(16)8-12-14-15-13-8/h3-4H,1-2H3,(H,11,16)(H,12,13,14,15). The molecule has 2 rings (SSSR count). The summed E-state index contributed by atoms with van der Waals surface area (Å²) in [5, 5.41) is 15.3. The fourth-order valence-electron chi connectivity index (χ4n) is 1.25. The Kier molecular flexibility index (Phi) is 2.59. The second kappa shape index (κ2) is 4.05. The zero-order chi connectivity index (χ0) is 11.5. The lowest BCUT2D eigenvalue weighted by molar-refractivity contribution is 0.101. The molecule has 7 heteroatoms. The number of aryl methyl sites for hydroxylation is 2. The summed E-state index contributed by atoms with van der Waals surface area (Å²) in [5.74, 6) is -0.414. The van der Waals surface area contributed by atoms with Crippen LogP contribution in [0.2, 0.25) is 0 Å². The third kappa shape index (κ3) is 2.02. The Bertz CT molecular complexity index is 507. The number of H-pyrrole nitrogens is 1. The monoisotopic (exact) mass is 218 g/mol. The molecule has 1 amide bonds. The van der Waals surface area contributed by atoms with Crippen molar-refractivity contribution in [2.75, 3.05) is 5.32 Å². The largest absolute Gasteiger partial charge is 0.317 e. The van der Waals surface area contributed by atoms with Crippen LogP contribution in [0.25, 0.3) is 0 Å². The number of anilines is 1. The number of hydrogen-bond acceptors (Lipinski definition) is 5. The summed E-state index contributed by atoms with van der Waals surface area (Å²) in [6, 6.07) is 3.61. The van der Waals surface area contributed by atoms with Gasteiger partial charge in [0.15, 0.2) is 0 Å². The zero-order valence-corrected chi connectivity index (χ0v) is 8.85. The number of amides is 1. The molecule has 0 aliphatic carbocycles. The first kappa shape index (κ1) is 10.2. The Morgan fingerprint density at radius 2 is 2.19 bits per heavy atom. The summed E-state index contributed by atoms with van der Waals surface area (Å²) >= 11 is 0. The zero-order valence-electron chi connectivity index (χ0n) is 8.85. The van der Waals surface area contributed by atoms with Gasteiger partial charge >= 0.3 is 0 Å². The molecule has 0 saturated heterocycles. The molecular formula is C9H10N6O. The minimum absolute atomic E-state index is 0.0000231. The van der Waals surface area contributed by atoms with Crippen LogP contribution in [0.4, 0.5) is 5.69 Å². The van der Waals surface area contributed by atoms with E-state index in [0.29, 0.717) is 5.69 Å². The van der Waals surface area contributed by atoms with Crippen LogP contribution in [-0.4, -0.2) is 31.5 Å². The highest BCUT2D eigenvalue weighted by Gasteiger charge is 2.12. The van der Waals surface area contributed by atoms with Gasteiger partial charge in [-0.1, -0.05) is 0 Å². The number of tetrazole rings is 1. The van der Waals surface area contributed by atoms with Gasteiger partial charge in [-0.25, -0.2) is 0 Å². The van der Waals surface area contributed by atoms with E-state index < -0.39 is 5.91 Å². The van der Waals surface area contributed by atoms with E-state index >= 15 is 0 Å². The van der Waals surface area contributed by atoms with Crippen molar-refractivity contribution in [3.05, 3.63) is 29.3 Å². The molecule has 0 radical (unpaired) electrons. The second-order valence-corrected chi connectivity index (χ2v) is 3.28. The molecule has 2 aromatic rings. The summed E-state index contributed by atoms with van der Waals surface area (Å²) in [7, 11) is 0. The molecule has 0 fully saturated rings. The van der Waals surface area contributed by atoms with Gasteiger partial charge in [0.1, 0.15) is 0 Å². The maximum Gasteiger partial charge on any atom is 0.297 e. The van der Waals surface area contributed by atoms with Crippen molar-refractivity contribution in [1.29, 1.82) is 0 Å². The Morgan fingerprint density at radius 1 is 1.38 bits per heavy atom. The molecule has 16 heavy (non-hydrogen) atoms. The van der Waals surface area contributed by atoms with Crippen molar-refractivity contribution in [2.24, 2.45) is 0 Å². The summed E-state index contributed by atoms with van der Waals surface area (Å²) in [6.45, 7) is 3.70. The number of nitrogens with one attached hydrogen (secondary N) is 2. The lowest BCUT2D eigenvalue weighted by Crippen LogP contribution is -2.15. The van der Waals surface area contributed by atoms with Gasteiger partial charge in [0, 0.05) is 5.69 Å². The van der Waals surface area contributed by atoms with Gasteiger partial charge in [-0.3, -0.25) is 9.78 Å². The van der Waals surface area contributed by atoms with Gasteiger partial charge in [-0.2, -0.15) is 5.21 Å². The smallest absolute Gasteiger partial charge is 0.297 e. The maximum absolute atomic E-state index is 11.6. The number of pyridine rings is 1. The molecule has 0 unspecified atom stereocenters. The molecule has 0 saturated carbocycles. The maximum atomic E-state index is 11.6. The summed E-state index contributed by atoms with van der Waals surface area (Å²) < 4.78 is 0. The fraction of sp³-hybridized carbons (Fsp3) is 0.222. The third-order valence-corrected chi connectivity index (χ3v) is 2.02. The average Bonchev–Trinajstić information content (AvgIpc) is 2.75. The third-order valence-electron chi connectivity index (χ3n) is 2.02. The van der Waals surface area contributed by atoms with Crippen LogP contribution in [0.5, 0.6) is 0 Å². The van der Waals surface area contributed by atoms with Crippen LogP contribution in [-0.2, 0) is 0 Å². The number of carbonyl (C=O) groups is 1. The molecule has 82 valence electrons. The normalized spacial score (nSPS) is 10.1. The predicted molar refractivity (Wildman–Crippen MR) is 55.8 cm³/mol. The molecule has 0 aromatic carbocycles. The fourth-order valence-corrected chi connectivity index (χ4v) is 1.25. The van der Waals surface area contributed by atoms with Crippen molar-refractivity contribution in [3.63, 3.8) is 0 Å². The molecular weight excluding hydrogens is 208 g/mol. The van der Waals surface area contributed by atoms with Crippen LogP contribution in [0, 0.1) is 13.8 Å². The lowest BCUT2D eigenvalue weighted by atomic mass is 10.2. The highest BCUT2D eigenvalue weighted by molar-refractivity contribution is 6.01. The van der Waals surface area contributed by atoms with Crippen molar-refractivity contribution in [2.45, 2.75) is 13.8 Å². The second-order valence-electron chi connectivity index (χ2n) is 3.28. The Morgan fingerprint density at radius 3 is 2.81 bits per heavy atom. The molecule has 0 bridgehead atoms. The average molecular weight is 218 g/mol. The summed E-state index contributed by atoms with van der Waals surface area (Å²) in [4.78, 5) is 15.8. The van der Waals surface area contributed by atoms with E-state index in [-0.39, 0.29) is 5.82 Å². The highest BCUT2D eigenvalue weighted by atomic mass is 16.2. The van der Waals surface area contributed by atoms with Crippen molar-refractivity contribution < 1.29 is 4.79 Å². The van der Waals surface area contributed by atoms with Gasteiger partial charge in [0.25, 0.3) is 11.7 Å². The first-order chi connectivity index (χ1) is 7.66. The van der Waals surface area contributed by atoms with Gasteiger partial charge in [-0.05, 0) is 31.2 Å². The van der Waals surface area contributed by atoms with Crippen LogP contribution in [0.3, 0.4) is 0 Å². The lowest BCUT2D eigenvalue weighted by Gasteiger charge is -2.05. The minimum atomic E-state index is -0.414. The van der Waals surface area contributed by atoms with Gasteiger partial charge in [0.2, 0.25) is 0 Å². The Balaban J connectivity index is 2.18. The van der Waals surface area contributed by atoms with E-state index in [9.17, 15) is 4.79 Å². The number of nitrogens with zero attached hydrogens (tertiary/aromatic N) is 4. The Labute approximate surface area is 91.3 Å².